The zero-order valence-corrected chi connectivity index (χ0v) is 45.3. The van der Waals surface area contributed by atoms with E-state index in [-0.39, 0.29) is 71.9 Å². The van der Waals surface area contributed by atoms with Gasteiger partial charge >= 0.3 is 24.1 Å². The molecule has 16 nitrogen and oxygen atoms in total. The summed E-state index contributed by atoms with van der Waals surface area (Å²) in [4.78, 5) is 67.4. The third-order valence-corrected chi connectivity index (χ3v) is 12.4. The van der Waals surface area contributed by atoms with Crippen LogP contribution in [0.15, 0.2) is 152 Å². The first-order valence-electron chi connectivity index (χ1n) is 25.8. The zero-order chi connectivity index (χ0) is 57.6. The topological polar surface area (TPSA) is 210 Å². The SMILES string of the molecule is COC(=O)c1nc(-c2ccc(COC(=O)NC(C)C)cc2)c2cc(Cc3ccc(F)cc3)cnc2c1O.COC(=O)c1nc(-c2ccc(COC(=O)NC(C)C)cc2)c2cc(Cc3ccc(F)cc3)cnc2c1OCc1ccccc1. The first-order valence-corrected chi connectivity index (χ1v) is 25.8. The number of amides is 2. The summed E-state index contributed by atoms with van der Waals surface area (Å²) in [7, 11) is 2.50. The summed E-state index contributed by atoms with van der Waals surface area (Å²) in [6.07, 6.45) is 3.30. The van der Waals surface area contributed by atoms with E-state index in [9.17, 15) is 33.1 Å². The number of methoxy groups -OCH3 is 2. The van der Waals surface area contributed by atoms with Crippen LogP contribution in [0.2, 0.25) is 0 Å². The molecule has 0 bridgehead atoms. The van der Waals surface area contributed by atoms with Gasteiger partial charge in [0.1, 0.15) is 42.5 Å². The van der Waals surface area contributed by atoms with Crippen LogP contribution < -0.4 is 15.4 Å². The minimum absolute atomic E-state index is 0.00230. The van der Waals surface area contributed by atoms with Gasteiger partial charge in [-0.05, 0) is 116 Å². The number of nitrogens with one attached hydrogen (secondary N) is 2. The van der Waals surface area contributed by atoms with Crippen molar-refractivity contribution < 1.29 is 56.7 Å². The zero-order valence-electron chi connectivity index (χ0n) is 45.3. The summed E-state index contributed by atoms with van der Waals surface area (Å²) in [6.45, 7) is 7.76. The molecule has 2 amide bonds. The van der Waals surface area contributed by atoms with Crippen molar-refractivity contribution in [2.75, 3.05) is 14.2 Å². The lowest BCUT2D eigenvalue weighted by atomic mass is 10.00. The fourth-order valence-electron chi connectivity index (χ4n) is 8.44. The van der Waals surface area contributed by atoms with Crippen LogP contribution >= 0.6 is 0 Å². The number of pyridine rings is 4. The molecule has 0 atom stereocenters. The van der Waals surface area contributed by atoms with Gasteiger partial charge in [-0.25, -0.2) is 37.9 Å². The summed E-state index contributed by atoms with van der Waals surface area (Å²) in [6, 6.07) is 40.3. The Labute approximate surface area is 466 Å². The van der Waals surface area contributed by atoms with E-state index in [0.29, 0.717) is 51.6 Å². The smallest absolute Gasteiger partial charge is 0.407 e. The van der Waals surface area contributed by atoms with Crippen molar-refractivity contribution in [3.8, 4) is 34.0 Å². The van der Waals surface area contributed by atoms with Gasteiger partial charge < -0.3 is 39.4 Å². The summed E-state index contributed by atoms with van der Waals surface area (Å²) in [5.74, 6) is -2.23. The molecule has 81 heavy (non-hydrogen) atoms. The van der Waals surface area contributed by atoms with Crippen molar-refractivity contribution in [3.05, 3.63) is 214 Å². The fourth-order valence-corrected chi connectivity index (χ4v) is 8.44. The Hall–Kier alpha value is -9.84. The molecule has 0 saturated heterocycles. The normalized spacial score (nSPS) is 10.9. The highest BCUT2D eigenvalue weighted by molar-refractivity contribution is 6.04. The van der Waals surface area contributed by atoms with Gasteiger partial charge in [0.25, 0.3) is 0 Å². The number of rotatable bonds is 17. The number of hydrogen-bond donors (Lipinski definition) is 3. The number of aromatic nitrogens is 4. The van der Waals surface area contributed by atoms with Crippen LogP contribution in [-0.4, -0.2) is 75.5 Å². The largest absolute Gasteiger partial charge is 0.504 e. The average Bonchev–Trinajstić information content (AvgIpc) is 3.53. The minimum atomic E-state index is -0.793. The maximum Gasteiger partial charge on any atom is 0.407 e. The number of carbonyl (C=O) groups is 4. The van der Waals surface area contributed by atoms with Gasteiger partial charge in [0.15, 0.2) is 22.9 Å². The van der Waals surface area contributed by atoms with Crippen molar-refractivity contribution in [1.82, 2.24) is 30.6 Å². The molecule has 4 aromatic heterocycles. The summed E-state index contributed by atoms with van der Waals surface area (Å²) in [5, 5.41) is 17.3. The molecule has 5 aromatic carbocycles. The van der Waals surface area contributed by atoms with Gasteiger partial charge in [-0.1, -0.05) is 103 Å². The van der Waals surface area contributed by atoms with Crippen molar-refractivity contribution in [1.29, 1.82) is 0 Å². The fraction of sp³-hybridized carbons (Fsp3) is 0.206. The molecule has 3 N–H and O–H groups in total. The molecule has 4 heterocycles. The second kappa shape index (κ2) is 26.7. The highest BCUT2D eigenvalue weighted by Gasteiger charge is 2.25. The Kier molecular flexibility index (Phi) is 18.9. The monoisotopic (exact) mass is 1100 g/mol. The van der Waals surface area contributed by atoms with Crippen molar-refractivity contribution >= 4 is 45.9 Å². The molecule has 9 rings (SSSR count). The third kappa shape index (κ3) is 15.1. The van der Waals surface area contributed by atoms with E-state index in [1.54, 1.807) is 60.9 Å². The van der Waals surface area contributed by atoms with Crippen LogP contribution in [0.4, 0.5) is 18.4 Å². The first kappa shape index (κ1) is 57.3. The molecule has 0 unspecified atom stereocenters. The Balaban J connectivity index is 0.000000216. The second-order valence-electron chi connectivity index (χ2n) is 19.3. The van der Waals surface area contributed by atoms with E-state index in [1.807, 2.05) is 94.4 Å². The number of carbonyl (C=O) groups excluding carboxylic acids is 4. The van der Waals surface area contributed by atoms with Crippen LogP contribution in [-0.2, 0) is 51.6 Å². The van der Waals surface area contributed by atoms with Crippen LogP contribution in [0, 0.1) is 11.6 Å². The van der Waals surface area contributed by atoms with Gasteiger partial charge in [-0.3, -0.25) is 9.97 Å². The minimum Gasteiger partial charge on any atom is -0.504 e. The molecule has 0 aliphatic carbocycles. The first-order chi connectivity index (χ1) is 39.0. The maximum absolute atomic E-state index is 13.5. The summed E-state index contributed by atoms with van der Waals surface area (Å²) < 4.78 is 53.4. The Morgan fingerprint density at radius 3 is 1.37 bits per heavy atom. The molecule has 0 spiro atoms. The lowest BCUT2D eigenvalue weighted by Crippen LogP contribution is -2.30. The molecule has 18 heteroatoms. The number of fused-ring (bicyclic) bond motifs is 2. The van der Waals surface area contributed by atoms with Crippen LogP contribution in [0.1, 0.15) is 87.6 Å². The molecule has 0 aliphatic heterocycles. The average molecular weight is 1100 g/mol. The number of aromatic hydroxyl groups is 1. The van der Waals surface area contributed by atoms with Crippen LogP contribution in [0.25, 0.3) is 44.3 Å². The highest BCUT2D eigenvalue weighted by Crippen LogP contribution is 2.37. The van der Waals surface area contributed by atoms with E-state index >= 15 is 0 Å². The van der Waals surface area contributed by atoms with Gasteiger partial charge in [-0.15, -0.1) is 0 Å². The van der Waals surface area contributed by atoms with Crippen LogP contribution in [0.5, 0.6) is 11.5 Å². The van der Waals surface area contributed by atoms with E-state index in [2.05, 4.69) is 20.6 Å². The van der Waals surface area contributed by atoms with Gasteiger partial charge in [-0.2, -0.15) is 0 Å². The predicted molar refractivity (Wildman–Crippen MR) is 300 cm³/mol. The molecule has 0 radical (unpaired) electrons. The summed E-state index contributed by atoms with van der Waals surface area (Å²) in [5.41, 5.74) is 8.64. The summed E-state index contributed by atoms with van der Waals surface area (Å²) >= 11 is 0. The molecule has 0 saturated carbocycles. The predicted octanol–water partition coefficient (Wildman–Crippen LogP) is 12.2. The number of nitrogens with zero attached hydrogens (tertiary/aromatic N) is 4. The van der Waals surface area contributed by atoms with Crippen molar-refractivity contribution in [3.63, 3.8) is 0 Å². The van der Waals surface area contributed by atoms with Crippen molar-refractivity contribution in [2.45, 2.75) is 72.4 Å². The number of benzene rings is 5. The van der Waals surface area contributed by atoms with Crippen LogP contribution in [0.3, 0.4) is 0 Å². The Bertz CT molecular complexity index is 3680. The number of ether oxygens (including phenoxy) is 5. The standard InChI is InChI=1S/C35H32FN3O5.C28H26FN3O5/c1-22(2)38-35(41)44-21-25-9-13-27(14-10-25)30-29-18-26(17-23-11-15-28(36)16-12-23)19-37-31(29)33(32(39-30)34(40)42-3)43-20-24-7-5-4-6-8-24;1-16(2)31-28(35)37-15-18-4-8-20(9-5-18)23-22-13-19(12-17-6-10-21(29)11-7-17)14-30-24(22)26(33)25(32-23)27(34)36-3/h4-16,18-19,22H,17,20-21H2,1-3H3,(H,38,41);4-11,13-14,16,33H,12,15H2,1-3H3,(H,31,35). The Morgan fingerprint density at radius 2 is 0.914 bits per heavy atom. The second-order valence-corrected chi connectivity index (χ2v) is 19.3. The van der Waals surface area contributed by atoms with E-state index in [0.717, 1.165) is 38.9 Å². The van der Waals surface area contributed by atoms with Crippen molar-refractivity contribution in [2.24, 2.45) is 0 Å². The number of esters is 2. The Morgan fingerprint density at radius 1 is 0.506 bits per heavy atom. The number of alkyl carbamates (subject to hydrolysis) is 2. The molecule has 414 valence electrons. The van der Waals surface area contributed by atoms with Gasteiger partial charge in [0.05, 0.1) is 25.6 Å². The quantitative estimate of drug-likeness (QED) is 0.0572. The van der Waals surface area contributed by atoms with E-state index in [1.165, 1.54) is 38.5 Å². The maximum atomic E-state index is 13.5. The highest BCUT2D eigenvalue weighted by atomic mass is 19.1. The van der Waals surface area contributed by atoms with E-state index < -0.39 is 24.1 Å². The van der Waals surface area contributed by atoms with Gasteiger partial charge in [0, 0.05) is 46.4 Å². The van der Waals surface area contributed by atoms with Gasteiger partial charge in [0.2, 0.25) is 0 Å². The lowest BCUT2D eigenvalue weighted by molar-refractivity contribution is 0.0580. The third-order valence-electron chi connectivity index (χ3n) is 12.4. The molecular formula is C63H58F2N6O10. The number of halogens is 2. The lowest BCUT2D eigenvalue weighted by Gasteiger charge is -2.16. The number of hydrogen-bond acceptors (Lipinski definition) is 14. The van der Waals surface area contributed by atoms with E-state index in [4.69, 9.17) is 33.7 Å². The molecule has 9 aromatic rings. The molecular weight excluding hydrogens is 1040 g/mol. The molecule has 0 fully saturated rings. The molecule has 0 aliphatic rings.